The second-order valence-electron chi connectivity index (χ2n) is 4.07. The van der Waals surface area contributed by atoms with Crippen LogP contribution in [0.4, 0.5) is 0 Å². The third kappa shape index (κ3) is 4.96. The van der Waals surface area contributed by atoms with Crippen molar-refractivity contribution in [3.05, 3.63) is 28.0 Å². The van der Waals surface area contributed by atoms with Gasteiger partial charge in [0.05, 0.1) is 6.61 Å². The largest absolute Gasteiger partial charge is 0.392 e. The zero-order chi connectivity index (χ0) is 15.1. The van der Waals surface area contributed by atoms with E-state index in [2.05, 4.69) is 20.8 Å². The number of thioether (sulfide) groups is 1. The molecule has 0 aliphatic carbocycles. The number of hydrogen-bond acceptors (Lipinski definition) is 7. The Morgan fingerprint density at radius 1 is 1.62 bits per heavy atom. The molecule has 0 aliphatic rings. The van der Waals surface area contributed by atoms with Gasteiger partial charge < -0.3 is 10.4 Å². The van der Waals surface area contributed by atoms with E-state index in [-0.39, 0.29) is 12.5 Å². The predicted molar refractivity (Wildman–Crippen MR) is 81.8 cm³/mol. The number of rotatable bonds is 7. The topological polar surface area (TPSA) is 92.9 Å². The number of tetrazole rings is 1. The summed E-state index contributed by atoms with van der Waals surface area (Å²) in [5, 5.41) is 25.4. The first-order valence-corrected chi connectivity index (χ1v) is 8.05. The molecule has 2 rings (SSSR count). The monoisotopic (exact) mass is 325 g/mol. The van der Waals surface area contributed by atoms with Crippen molar-refractivity contribution < 1.29 is 9.90 Å². The predicted octanol–water partition coefficient (Wildman–Crippen LogP) is 0.686. The Hall–Kier alpha value is -1.71. The van der Waals surface area contributed by atoms with Gasteiger partial charge in [-0.2, -0.15) is 0 Å². The normalized spacial score (nSPS) is 11.1. The summed E-state index contributed by atoms with van der Waals surface area (Å²) in [6, 6.07) is 1.85. The van der Waals surface area contributed by atoms with Gasteiger partial charge in [0, 0.05) is 30.3 Å². The number of aliphatic hydroxyl groups excluding tert-OH is 1. The average Bonchev–Trinajstić information content (AvgIpc) is 3.10. The van der Waals surface area contributed by atoms with Crippen LogP contribution in [0, 0.1) is 0 Å². The smallest absolute Gasteiger partial charge is 0.244 e. The van der Waals surface area contributed by atoms with Crippen molar-refractivity contribution in [2.24, 2.45) is 7.05 Å². The summed E-state index contributed by atoms with van der Waals surface area (Å²) in [5.41, 5.74) is 0.855. The van der Waals surface area contributed by atoms with E-state index in [4.69, 9.17) is 5.11 Å². The van der Waals surface area contributed by atoms with Crippen molar-refractivity contribution in [1.29, 1.82) is 0 Å². The molecule has 0 bridgehead atoms. The Morgan fingerprint density at radius 2 is 2.48 bits per heavy atom. The number of hydrogen-bond donors (Lipinski definition) is 2. The number of aryl methyl sites for hydroxylation is 1. The van der Waals surface area contributed by atoms with E-state index in [1.165, 1.54) is 29.2 Å². The Bertz CT molecular complexity index is 623. The molecule has 9 heteroatoms. The lowest BCUT2D eigenvalue weighted by atomic mass is 10.3. The summed E-state index contributed by atoms with van der Waals surface area (Å²) in [5.74, 6) is 0.548. The van der Waals surface area contributed by atoms with E-state index in [0.29, 0.717) is 12.3 Å². The maximum Gasteiger partial charge on any atom is 0.244 e. The van der Waals surface area contributed by atoms with Crippen LogP contribution in [-0.2, 0) is 18.4 Å². The third-order valence-corrected chi connectivity index (χ3v) is 4.43. The fourth-order valence-corrected chi connectivity index (χ4v) is 2.94. The minimum atomic E-state index is -0.148. The van der Waals surface area contributed by atoms with Crippen molar-refractivity contribution in [1.82, 2.24) is 25.5 Å². The van der Waals surface area contributed by atoms with Crippen molar-refractivity contribution in [2.45, 2.75) is 11.8 Å². The fourth-order valence-electron chi connectivity index (χ4n) is 1.44. The van der Waals surface area contributed by atoms with E-state index in [0.717, 1.165) is 15.6 Å². The number of thiophene rings is 1. The zero-order valence-corrected chi connectivity index (χ0v) is 13.0. The second-order valence-corrected chi connectivity index (χ2v) is 6.08. The fraction of sp³-hybridized carbons (Fsp3) is 0.333. The maximum atomic E-state index is 11.6. The van der Waals surface area contributed by atoms with Crippen LogP contribution < -0.4 is 5.32 Å². The molecule has 2 N–H and O–H groups in total. The Balaban J connectivity index is 1.68. The molecule has 0 fully saturated rings. The average molecular weight is 325 g/mol. The maximum absolute atomic E-state index is 11.6. The number of carbonyl (C=O) groups excluding carboxylic acids is 1. The van der Waals surface area contributed by atoms with Crippen LogP contribution >= 0.6 is 23.1 Å². The molecule has 0 radical (unpaired) electrons. The molecule has 112 valence electrons. The molecule has 21 heavy (non-hydrogen) atoms. The van der Waals surface area contributed by atoms with Crippen molar-refractivity contribution >= 4 is 35.1 Å². The van der Waals surface area contributed by atoms with Gasteiger partial charge in [-0.15, -0.1) is 16.4 Å². The molecule has 2 aromatic heterocycles. The van der Waals surface area contributed by atoms with E-state index in [1.54, 1.807) is 17.8 Å². The highest BCUT2D eigenvalue weighted by molar-refractivity contribution is 7.99. The lowest BCUT2D eigenvalue weighted by molar-refractivity contribution is -0.116. The third-order valence-electron chi connectivity index (χ3n) is 2.47. The first-order chi connectivity index (χ1) is 10.2. The van der Waals surface area contributed by atoms with Gasteiger partial charge in [0.15, 0.2) is 0 Å². The molecule has 0 aromatic carbocycles. The van der Waals surface area contributed by atoms with Gasteiger partial charge in [0.2, 0.25) is 11.1 Å². The second kappa shape index (κ2) is 7.91. The van der Waals surface area contributed by atoms with Crippen LogP contribution in [-0.4, -0.2) is 43.5 Å². The first kappa shape index (κ1) is 15.7. The lowest BCUT2D eigenvalue weighted by Gasteiger charge is -2.01. The van der Waals surface area contributed by atoms with Gasteiger partial charge in [0.25, 0.3) is 0 Å². The molecule has 0 spiro atoms. The highest BCUT2D eigenvalue weighted by Crippen LogP contribution is 2.16. The Kier molecular flexibility index (Phi) is 5.90. The lowest BCUT2D eigenvalue weighted by Crippen LogP contribution is -2.23. The molecule has 0 saturated heterocycles. The summed E-state index contributed by atoms with van der Waals surface area (Å²) in [7, 11) is 1.77. The minimum Gasteiger partial charge on any atom is -0.392 e. The van der Waals surface area contributed by atoms with Gasteiger partial charge in [-0.25, -0.2) is 4.68 Å². The minimum absolute atomic E-state index is 0.0185. The number of aromatic nitrogens is 4. The van der Waals surface area contributed by atoms with Crippen LogP contribution in [0.25, 0.3) is 6.08 Å². The zero-order valence-electron chi connectivity index (χ0n) is 11.4. The summed E-state index contributed by atoms with van der Waals surface area (Å²) in [6.07, 6.45) is 3.22. The van der Waals surface area contributed by atoms with E-state index < -0.39 is 0 Å². The number of aliphatic hydroxyl groups is 1. The number of amides is 1. The molecule has 7 nitrogen and oxygen atoms in total. The molecule has 0 unspecified atom stereocenters. The highest BCUT2D eigenvalue weighted by atomic mass is 32.2. The van der Waals surface area contributed by atoms with Gasteiger partial charge in [-0.3, -0.25) is 4.79 Å². The van der Waals surface area contributed by atoms with Crippen LogP contribution in [0.5, 0.6) is 0 Å². The quantitative estimate of drug-likeness (QED) is 0.442. The molecular weight excluding hydrogens is 310 g/mol. The highest BCUT2D eigenvalue weighted by Gasteiger charge is 2.02. The Labute approximate surface area is 130 Å². The molecule has 2 aromatic rings. The number of carbonyl (C=O) groups is 1. The van der Waals surface area contributed by atoms with Crippen molar-refractivity contribution in [3.8, 4) is 0 Å². The molecule has 0 aliphatic heterocycles. The summed E-state index contributed by atoms with van der Waals surface area (Å²) < 4.78 is 1.59. The summed E-state index contributed by atoms with van der Waals surface area (Å²) in [4.78, 5) is 12.6. The number of nitrogens with zero attached hydrogens (tertiary/aromatic N) is 4. The molecule has 1 amide bonds. The van der Waals surface area contributed by atoms with Gasteiger partial charge >= 0.3 is 0 Å². The molecule has 2 heterocycles. The van der Waals surface area contributed by atoms with E-state index in [1.807, 2.05) is 11.4 Å². The van der Waals surface area contributed by atoms with Crippen molar-refractivity contribution in [2.75, 3.05) is 12.3 Å². The van der Waals surface area contributed by atoms with Crippen LogP contribution in [0.1, 0.15) is 10.4 Å². The van der Waals surface area contributed by atoms with Gasteiger partial charge in [-0.1, -0.05) is 11.8 Å². The molecule has 0 atom stereocenters. The standard InChI is InChI=1S/C12H15N5O2S2/c1-17-12(14-15-16-17)20-5-4-13-11(19)3-2-10-6-9(7-18)8-21-10/h2-3,6,8,18H,4-5,7H2,1H3,(H,13,19)/b3-2+. The SMILES string of the molecule is Cn1nnnc1SCCNC(=O)/C=C/c1cc(CO)cs1. The van der Waals surface area contributed by atoms with Crippen LogP contribution in [0.2, 0.25) is 0 Å². The van der Waals surface area contributed by atoms with Gasteiger partial charge in [0.1, 0.15) is 0 Å². The van der Waals surface area contributed by atoms with Gasteiger partial charge in [-0.05, 0) is 33.5 Å². The molecular formula is C12H15N5O2S2. The van der Waals surface area contributed by atoms with Crippen LogP contribution in [0.15, 0.2) is 22.7 Å². The number of nitrogens with one attached hydrogen (secondary N) is 1. The summed E-state index contributed by atoms with van der Waals surface area (Å²) in [6.45, 7) is 0.553. The summed E-state index contributed by atoms with van der Waals surface area (Å²) >= 11 is 2.97. The van der Waals surface area contributed by atoms with Crippen LogP contribution in [0.3, 0.4) is 0 Å². The first-order valence-electron chi connectivity index (χ1n) is 6.18. The van der Waals surface area contributed by atoms with E-state index >= 15 is 0 Å². The van der Waals surface area contributed by atoms with E-state index in [9.17, 15) is 4.79 Å². The Morgan fingerprint density at radius 3 is 3.14 bits per heavy atom. The molecule has 0 saturated carbocycles. The van der Waals surface area contributed by atoms with Crippen molar-refractivity contribution in [3.63, 3.8) is 0 Å².